The third kappa shape index (κ3) is 4.90. The number of hydrogen-bond acceptors (Lipinski definition) is 2. The minimum absolute atomic E-state index is 0. The van der Waals surface area contributed by atoms with Crippen LogP contribution in [0.25, 0.3) is 0 Å². The van der Waals surface area contributed by atoms with Gasteiger partial charge in [-0.15, -0.1) is 0 Å². The van der Waals surface area contributed by atoms with E-state index in [0.717, 1.165) is 0 Å². The van der Waals surface area contributed by atoms with Crippen molar-refractivity contribution in [1.29, 1.82) is 0 Å². The Bertz CT molecular complexity index is 66.0. The van der Waals surface area contributed by atoms with Crippen molar-refractivity contribution in [2.45, 2.75) is 38.9 Å². The maximum atomic E-state index is 9.10. The van der Waals surface area contributed by atoms with Crippen molar-refractivity contribution >= 4 is 51.4 Å². The van der Waals surface area contributed by atoms with E-state index >= 15 is 0 Å². The van der Waals surface area contributed by atoms with Gasteiger partial charge in [-0.05, 0) is 27.7 Å². The van der Waals surface area contributed by atoms with E-state index in [-0.39, 0.29) is 51.4 Å². The van der Waals surface area contributed by atoms with Crippen LogP contribution in [0.5, 0.6) is 0 Å². The van der Waals surface area contributed by atoms with Gasteiger partial charge in [-0.2, -0.15) is 0 Å². The van der Waals surface area contributed by atoms with Gasteiger partial charge in [-0.3, -0.25) is 0 Å². The van der Waals surface area contributed by atoms with E-state index in [1.165, 1.54) is 0 Å². The molecule has 0 aliphatic heterocycles. The summed E-state index contributed by atoms with van der Waals surface area (Å²) in [7, 11) is 0. The average molecular weight is 158 g/mol. The van der Waals surface area contributed by atoms with E-state index in [0.29, 0.717) is 0 Å². The van der Waals surface area contributed by atoms with Gasteiger partial charge in [-0.1, -0.05) is 0 Å². The van der Waals surface area contributed by atoms with Crippen LogP contribution in [0.2, 0.25) is 0 Å². The summed E-state index contributed by atoms with van der Waals surface area (Å²) >= 11 is 0. The fourth-order valence-electron chi connectivity index (χ4n) is 0. The van der Waals surface area contributed by atoms with E-state index in [1.54, 1.807) is 27.7 Å². The SMILES string of the molecule is CC(C)(O)C(C)(C)O.[KH]. The maximum absolute atomic E-state index is 9.10. The van der Waals surface area contributed by atoms with E-state index in [9.17, 15) is 0 Å². The first kappa shape index (κ1) is 13.2. The molecule has 0 bridgehead atoms. The van der Waals surface area contributed by atoms with Crippen molar-refractivity contribution in [3.63, 3.8) is 0 Å². The first-order valence-corrected chi connectivity index (χ1v) is 2.70. The molecule has 2 nitrogen and oxygen atoms in total. The Morgan fingerprint density at radius 3 is 0.889 bits per heavy atom. The molecular weight excluding hydrogens is 143 g/mol. The molecule has 0 saturated carbocycles. The standard InChI is InChI=1S/C6H14O2.K.H/c1-5(2,7)6(3,4)8;;/h7-8H,1-4H3;;. The fourth-order valence-corrected chi connectivity index (χ4v) is 0. The van der Waals surface area contributed by atoms with Crippen LogP contribution in [-0.4, -0.2) is 72.8 Å². The Balaban J connectivity index is 0. The average Bonchev–Trinajstić information content (AvgIpc) is 1.25. The van der Waals surface area contributed by atoms with E-state index in [2.05, 4.69) is 0 Å². The predicted octanol–water partition coefficient (Wildman–Crippen LogP) is -0.120. The molecule has 0 aliphatic rings. The van der Waals surface area contributed by atoms with Crippen molar-refractivity contribution in [2.75, 3.05) is 0 Å². The van der Waals surface area contributed by atoms with Gasteiger partial charge < -0.3 is 10.2 Å². The molecule has 0 heterocycles. The Morgan fingerprint density at radius 2 is 0.889 bits per heavy atom. The molecule has 2 N–H and O–H groups in total. The van der Waals surface area contributed by atoms with Gasteiger partial charge in [0.15, 0.2) is 0 Å². The molecule has 0 aromatic carbocycles. The zero-order valence-electron chi connectivity index (χ0n) is 5.89. The Kier molecular flexibility index (Phi) is 5.57. The molecule has 0 amide bonds. The summed E-state index contributed by atoms with van der Waals surface area (Å²) in [4.78, 5) is 0. The van der Waals surface area contributed by atoms with Gasteiger partial charge in [0.05, 0.1) is 11.2 Å². The topological polar surface area (TPSA) is 40.5 Å². The van der Waals surface area contributed by atoms with Gasteiger partial charge >= 0.3 is 51.4 Å². The third-order valence-electron chi connectivity index (χ3n) is 1.50. The van der Waals surface area contributed by atoms with Crippen LogP contribution < -0.4 is 0 Å². The van der Waals surface area contributed by atoms with Crippen molar-refractivity contribution in [3.05, 3.63) is 0 Å². The van der Waals surface area contributed by atoms with Gasteiger partial charge in [0.2, 0.25) is 0 Å². The van der Waals surface area contributed by atoms with Crippen LogP contribution in [-0.2, 0) is 0 Å². The quantitative estimate of drug-likeness (QED) is 0.522. The minimum atomic E-state index is -1.01. The summed E-state index contributed by atoms with van der Waals surface area (Å²) in [6, 6.07) is 0. The zero-order valence-corrected chi connectivity index (χ0v) is 5.89. The number of hydrogen-bond donors (Lipinski definition) is 2. The second kappa shape index (κ2) is 3.81. The van der Waals surface area contributed by atoms with Crippen molar-refractivity contribution in [1.82, 2.24) is 0 Å². The van der Waals surface area contributed by atoms with Crippen LogP contribution in [0.15, 0.2) is 0 Å². The molecule has 0 rings (SSSR count). The molecule has 0 aliphatic carbocycles. The molecule has 0 spiro atoms. The predicted molar refractivity (Wildman–Crippen MR) is 39.7 cm³/mol. The molecule has 0 atom stereocenters. The molecule has 0 unspecified atom stereocenters. The molecule has 0 radical (unpaired) electrons. The summed E-state index contributed by atoms with van der Waals surface area (Å²) in [5, 5.41) is 18.2. The third-order valence-corrected chi connectivity index (χ3v) is 1.50. The van der Waals surface area contributed by atoms with Crippen LogP contribution in [0, 0.1) is 0 Å². The van der Waals surface area contributed by atoms with Gasteiger partial charge in [0.1, 0.15) is 0 Å². The van der Waals surface area contributed by atoms with E-state index < -0.39 is 11.2 Å². The van der Waals surface area contributed by atoms with Crippen LogP contribution >= 0.6 is 0 Å². The van der Waals surface area contributed by atoms with Crippen molar-refractivity contribution < 1.29 is 10.2 Å². The normalized spacial score (nSPS) is 12.7. The summed E-state index contributed by atoms with van der Waals surface area (Å²) in [6.45, 7) is 6.31. The first-order valence-electron chi connectivity index (χ1n) is 2.70. The first-order chi connectivity index (χ1) is 3.25. The molecular formula is C6H15KO2. The van der Waals surface area contributed by atoms with E-state index in [4.69, 9.17) is 10.2 Å². The molecule has 0 saturated heterocycles. The summed E-state index contributed by atoms with van der Waals surface area (Å²) < 4.78 is 0. The summed E-state index contributed by atoms with van der Waals surface area (Å²) in [5.74, 6) is 0. The fraction of sp³-hybridized carbons (Fsp3) is 1.00. The zero-order chi connectivity index (χ0) is 7.00. The Morgan fingerprint density at radius 1 is 0.778 bits per heavy atom. The van der Waals surface area contributed by atoms with Gasteiger partial charge in [0.25, 0.3) is 0 Å². The molecule has 0 aromatic heterocycles. The Hall–Kier alpha value is 1.56. The van der Waals surface area contributed by atoms with Crippen molar-refractivity contribution in [2.24, 2.45) is 0 Å². The van der Waals surface area contributed by atoms with E-state index in [1.807, 2.05) is 0 Å². The molecule has 0 fully saturated rings. The molecule has 52 valence electrons. The second-order valence-corrected chi connectivity index (χ2v) is 3.12. The molecule has 3 heteroatoms. The monoisotopic (exact) mass is 158 g/mol. The second-order valence-electron chi connectivity index (χ2n) is 3.12. The van der Waals surface area contributed by atoms with Crippen LogP contribution in [0.1, 0.15) is 27.7 Å². The molecule has 9 heavy (non-hydrogen) atoms. The summed E-state index contributed by atoms with van der Waals surface area (Å²) in [6.07, 6.45) is 0. The molecule has 0 aromatic rings. The number of aliphatic hydroxyl groups is 2. The van der Waals surface area contributed by atoms with Gasteiger partial charge in [0, 0.05) is 0 Å². The Labute approximate surface area is 99.1 Å². The van der Waals surface area contributed by atoms with Crippen molar-refractivity contribution in [3.8, 4) is 0 Å². The van der Waals surface area contributed by atoms with Crippen LogP contribution in [0.4, 0.5) is 0 Å². The van der Waals surface area contributed by atoms with Gasteiger partial charge in [-0.25, -0.2) is 0 Å². The summed E-state index contributed by atoms with van der Waals surface area (Å²) in [5.41, 5.74) is -2.01. The number of rotatable bonds is 1. The van der Waals surface area contributed by atoms with Crippen LogP contribution in [0.3, 0.4) is 0 Å².